The Morgan fingerprint density at radius 1 is 0.878 bits per heavy atom. The molecule has 3 heterocycles. The van der Waals surface area contributed by atoms with Crippen LogP contribution in [0.15, 0.2) is 60.7 Å². The molecule has 3 aliphatic rings. The topological polar surface area (TPSA) is 137 Å². The number of sulfone groups is 1. The Kier molecular flexibility index (Phi) is 7.78. The van der Waals surface area contributed by atoms with E-state index in [1.54, 1.807) is 24.3 Å². The van der Waals surface area contributed by atoms with Gasteiger partial charge in [-0.3, -0.25) is 9.69 Å². The van der Waals surface area contributed by atoms with Gasteiger partial charge in [0.1, 0.15) is 37.8 Å². The van der Waals surface area contributed by atoms with Gasteiger partial charge in [-0.1, -0.05) is 60.7 Å². The monoisotopic (exact) mass is 584 g/mol. The number of ether oxygens (including phenoxy) is 3. The Morgan fingerprint density at radius 3 is 2.07 bits per heavy atom. The highest BCUT2D eigenvalue weighted by atomic mass is 32.2. The van der Waals surface area contributed by atoms with Crippen molar-refractivity contribution in [2.45, 2.75) is 62.1 Å². The third-order valence-electron chi connectivity index (χ3n) is 7.99. The van der Waals surface area contributed by atoms with Gasteiger partial charge < -0.3 is 19.1 Å². The quantitative estimate of drug-likeness (QED) is 0.260. The molecule has 3 aliphatic heterocycles. The van der Waals surface area contributed by atoms with E-state index < -0.39 is 68.5 Å². The number of β-lactam (4-membered cyclic amide) rings is 1. The zero-order valence-corrected chi connectivity index (χ0v) is 23.6. The van der Waals surface area contributed by atoms with E-state index in [0.717, 1.165) is 16.0 Å². The van der Waals surface area contributed by atoms with Crippen molar-refractivity contribution in [3.05, 3.63) is 71.8 Å². The highest BCUT2D eigenvalue weighted by molar-refractivity contribution is 7.93. The van der Waals surface area contributed by atoms with Crippen molar-refractivity contribution in [3.8, 4) is 0 Å². The molecular formula is C29H32N2O9S. The summed E-state index contributed by atoms with van der Waals surface area (Å²) in [6.07, 6.45) is 0.263. The minimum Gasteiger partial charge on any atom is -0.463 e. The molecule has 3 fully saturated rings. The molecule has 0 aliphatic carbocycles. The fourth-order valence-electron chi connectivity index (χ4n) is 5.65. The molecule has 0 N–H and O–H groups in total. The Hall–Kier alpha value is -3.93. The molecule has 41 heavy (non-hydrogen) atoms. The van der Waals surface area contributed by atoms with E-state index in [-0.39, 0.29) is 13.2 Å². The van der Waals surface area contributed by atoms with Crippen LogP contribution >= 0.6 is 0 Å². The number of esters is 2. The van der Waals surface area contributed by atoms with Gasteiger partial charge in [-0.05, 0) is 37.8 Å². The number of amides is 2. The van der Waals surface area contributed by atoms with E-state index in [4.69, 9.17) is 14.2 Å². The maximum atomic E-state index is 13.4. The Labute approximate surface area is 238 Å². The standard InChI is InChI=1S/C29H32N2O9S/c1-29(2)23(27(34)38-16-19-10-5-3-6-11-19)31-24(32)21(25(31)41(29,36)37)18-39-26(33)22-14-9-15-30(22)28(35)40-17-20-12-7-4-8-13-20/h3-8,10-13,21-23,25H,9,14-18H2,1-2H3/t21-,22-,23-,25+/m0/s1. The van der Waals surface area contributed by atoms with Crippen molar-refractivity contribution < 1.29 is 41.8 Å². The number of benzene rings is 2. The van der Waals surface area contributed by atoms with Crippen molar-refractivity contribution in [1.29, 1.82) is 0 Å². The molecule has 0 bridgehead atoms. The van der Waals surface area contributed by atoms with E-state index in [9.17, 15) is 27.6 Å². The van der Waals surface area contributed by atoms with Crippen LogP contribution in [0.2, 0.25) is 0 Å². The van der Waals surface area contributed by atoms with Crippen LogP contribution in [0.1, 0.15) is 37.8 Å². The molecule has 0 radical (unpaired) electrons. The molecule has 0 unspecified atom stereocenters. The van der Waals surface area contributed by atoms with E-state index in [2.05, 4.69) is 0 Å². The molecular weight excluding hydrogens is 552 g/mol. The van der Waals surface area contributed by atoms with Crippen LogP contribution in [0.5, 0.6) is 0 Å². The van der Waals surface area contributed by atoms with Crippen LogP contribution < -0.4 is 0 Å². The maximum Gasteiger partial charge on any atom is 0.410 e. The lowest BCUT2D eigenvalue weighted by Crippen LogP contribution is -2.65. The van der Waals surface area contributed by atoms with Crippen LogP contribution in [-0.2, 0) is 51.6 Å². The number of hydrogen-bond acceptors (Lipinski definition) is 9. The van der Waals surface area contributed by atoms with E-state index >= 15 is 0 Å². The van der Waals surface area contributed by atoms with Gasteiger partial charge >= 0.3 is 18.0 Å². The van der Waals surface area contributed by atoms with Crippen molar-refractivity contribution in [2.75, 3.05) is 13.2 Å². The molecule has 2 aromatic rings. The first-order chi connectivity index (χ1) is 19.5. The zero-order valence-electron chi connectivity index (χ0n) is 22.8. The molecule has 0 aromatic heterocycles. The fraction of sp³-hybridized carbons (Fsp3) is 0.448. The summed E-state index contributed by atoms with van der Waals surface area (Å²) < 4.78 is 41.4. The van der Waals surface area contributed by atoms with Gasteiger partial charge in [0.15, 0.2) is 15.2 Å². The third kappa shape index (κ3) is 5.16. The van der Waals surface area contributed by atoms with Crippen molar-refractivity contribution >= 4 is 33.8 Å². The largest absolute Gasteiger partial charge is 0.463 e. The highest BCUT2D eigenvalue weighted by Gasteiger charge is 2.72. The van der Waals surface area contributed by atoms with Crippen LogP contribution in [0.25, 0.3) is 0 Å². The highest BCUT2D eigenvalue weighted by Crippen LogP contribution is 2.49. The fourth-order valence-corrected chi connectivity index (χ4v) is 7.95. The first-order valence-corrected chi connectivity index (χ1v) is 15.0. The summed E-state index contributed by atoms with van der Waals surface area (Å²) in [7, 11) is -4.02. The van der Waals surface area contributed by atoms with E-state index in [0.29, 0.717) is 19.4 Å². The second kappa shape index (κ2) is 11.2. The molecule has 2 aromatic carbocycles. The van der Waals surface area contributed by atoms with Gasteiger partial charge in [-0.15, -0.1) is 0 Å². The second-order valence-corrected chi connectivity index (χ2v) is 13.5. The van der Waals surface area contributed by atoms with Gasteiger partial charge in [0.2, 0.25) is 5.91 Å². The van der Waals surface area contributed by atoms with Gasteiger partial charge in [0, 0.05) is 6.54 Å². The van der Waals surface area contributed by atoms with Crippen LogP contribution in [0.4, 0.5) is 4.79 Å². The van der Waals surface area contributed by atoms with Gasteiger partial charge in [0.05, 0.1) is 4.75 Å². The molecule has 0 spiro atoms. The number of carbonyl (C=O) groups is 4. The minimum absolute atomic E-state index is 0.0502. The third-order valence-corrected chi connectivity index (χ3v) is 10.9. The van der Waals surface area contributed by atoms with E-state index in [1.165, 1.54) is 18.7 Å². The number of carbonyl (C=O) groups excluding carboxylic acids is 4. The first kappa shape index (κ1) is 28.6. The summed E-state index contributed by atoms with van der Waals surface area (Å²) in [5.41, 5.74) is 1.52. The van der Waals surface area contributed by atoms with Crippen molar-refractivity contribution in [1.82, 2.24) is 9.80 Å². The van der Waals surface area contributed by atoms with Crippen LogP contribution in [-0.4, -0.2) is 77.5 Å². The molecule has 0 saturated carbocycles. The summed E-state index contributed by atoms with van der Waals surface area (Å²) in [4.78, 5) is 54.1. The van der Waals surface area contributed by atoms with E-state index in [1.807, 2.05) is 36.4 Å². The Balaban J connectivity index is 1.20. The molecule has 5 rings (SSSR count). The molecule has 218 valence electrons. The summed E-state index contributed by atoms with van der Waals surface area (Å²) >= 11 is 0. The molecule has 3 saturated heterocycles. The molecule has 11 nitrogen and oxygen atoms in total. The number of likely N-dealkylation sites (tertiary alicyclic amines) is 1. The second-order valence-electron chi connectivity index (χ2n) is 10.9. The first-order valence-electron chi connectivity index (χ1n) is 13.4. The van der Waals surface area contributed by atoms with Gasteiger partial charge in [0.25, 0.3) is 0 Å². The number of hydrogen-bond donors (Lipinski definition) is 0. The molecule has 12 heteroatoms. The van der Waals surface area contributed by atoms with Gasteiger partial charge in [-0.25, -0.2) is 22.8 Å². The average Bonchev–Trinajstić information content (AvgIpc) is 3.51. The summed E-state index contributed by atoms with van der Waals surface area (Å²) in [5.74, 6) is -3.32. The number of rotatable bonds is 8. The number of fused-ring (bicyclic) bond motifs is 1. The van der Waals surface area contributed by atoms with Crippen LogP contribution in [0, 0.1) is 5.92 Å². The van der Waals surface area contributed by atoms with Crippen LogP contribution in [0.3, 0.4) is 0 Å². The molecule has 4 atom stereocenters. The lowest BCUT2D eigenvalue weighted by atomic mass is 9.92. The number of nitrogens with zero attached hydrogens (tertiary/aromatic N) is 2. The zero-order chi connectivity index (χ0) is 29.4. The Morgan fingerprint density at radius 2 is 1.46 bits per heavy atom. The van der Waals surface area contributed by atoms with Crippen molar-refractivity contribution in [2.24, 2.45) is 5.92 Å². The normalized spacial score (nSPS) is 25.7. The summed E-state index contributed by atoms with van der Waals surface area (Å²) in [6, 6.07) is 15.8. The minimum atomic E-state index is -4.02. The SMILES string of the molecule is CC1(C)[C@H](C(=O)OCc2ccccc2)N2C(=O)[C@H](COC(=O)[C@@H]3CCCN3C(=O)OCc3ccccc3)[C@H]2S1(=O)=O. The molecule has 2 amide bonds. The Bertz CT molecular complexity index is 1430. The lowest BCUT2D eigenvalue weighted by Gasteiger charge is -2.42. The summed E-state index contributed by atoms with van der Waals surface area (Å²) in [5, 5.41) is -1.32. The smallest absolute Gasteiger partial charge is 0.410 e. The maximum absolute atomic E-state index is 13.4. The van der Waals surface area contributed by atoms with Gasteiger partial charge in [-0.2, -0.15) is 0 Å². The predicted molar refractivity (Wildman–Crippen MR) is 144 cm³/mol. The van der Waals surface area contributed by atoms with Crippen molar-refractivity contribution in [3.63, 3.8) is 0 Å². The average molecular weight is 585 g/mol. The predicted octanol–water partition coefficient (Wildman–Crippen LogP) is 2.43. The lowest BCUT2D eigenvalue weighted by molar-refractivity contribution is -0.172. The summed E-state index contributed by atoms with van der Waals surface area (Å²) in [6.45, 7) is 2.59.